The number of rotatable bonds is 5. The summed E-state index contributed by atoms with van der Waals surface area (Å²) in [6.45, 7) is 9.70. The van der Waals surface area contributed by atoms with Crippen molar-refractivity contribution in [2.45, 2.75) is 20.3 Å². The standard InChI is InChI=1S/C14H23N5O/c1-11-10-13(12(2)18-17-11)14(20)16-4-3-7-19-8-5-15-6-9-19/h10,15H,3-9H2,1-2H3,(H,16,20). The zero-order chi connectivity index (χ0) is 14.4. The molecule has 2 N–H and O–H groups in total. The second-order valence-electron chi connectivity index (χ2n) is 5.19. The van der Waals surface area contributed by atoms with E-state index in [9.17, 15) is 4.79 Å². The minimum absolute atomic E-state index is 0.0548. The van der Waals surface area contributed by atoms with Crippen LogP contribution in [-0.4, -0.2) is 60.3 Å². The Morgan fingerprint density at radius 1 is 1.35 bits per heavy atom. The number of hydrogen-bond acceptors (Lipinski definition) is 5. The molecule has 1 aliphatic rings. The van der Waals surface area contributed by atoms with Crippen LogP contribution in [0.4, 0.5) is 0 Å². The molecule has 1 amide bonds. The average Bonchev–Trinajstić information content (AvgIpc) is 2.47. The lowest BCUT2D eigenvalue weighted by atomic mass is 10.2. The molecule has 0 unspecified atom stereocenters. The highest BCUT2D eigenvalue weighted by molar-refractivity contribution is 5.95. The number of amides is 1. The van der Waals surface area contributed by atoms with E-state index < -0.39 is 0 Å². The van der Waals surface area contributed by atoms with Gasteiger partial charge in [-0.05, 0) is 32.9 Å². The Labute approximate surface area is 120 Å². The Morgan fingerprint density at radius 2 is 2.10 bits per heavy atom. The van der Waals surface area contributed by atoms with Crippen molar-refractivity contribution < 1.29 is 4.79 Å². The Kier molecular flexibility index (Phi) is 5.43. The maximum Gasteiger partial charge on any atom is 0.253 e. The first-order valence-electron chi connectivity index (χ1n) is 7.19. The van der Waals surface area contributed by atoms with Crippen LogP contribution in [0.25, 0.3) is 0 Å². The van der Waals surface area contributed by atoms with Crippen molar-refractivity contribution in [2.75, 3.05) is 39.3 Å². The zero-order valence-electron chi connectivity index (χ0n) is 12.3. The van der Waals surface area contributed by atoms with E-state index in [1.54, 1.807) is 6.07 Å². The van der Waals surface area contributed by atoms with E-state index in [0.717, 1.165) is 44.8 Å². The van der Waals surface area contributed by atoms with Gasteiger partial charge in [-0.2, -0.15) is 10.2 Å². The number of hydrogen-bond donors (Lipinski definition) is 2. The van der Waals surface area contributed by atoms with Crippen LogP contribution < -0.4 is 10.6 Å². The van der Waals surface area contributed by atoms with Gasteiger partial charge in [0.05, 0.1) is 17.0 Å². The quantitative estimate of drug-likeness (QED) is 0.748. The van der Waals surface area contributed by atoms with Gasteiger partial charge in [0.1, 0.15) is 0 Å². The van der Waals surface area contributed by atoms with Gasteiger partial charge in [0.25, 0.3) is 5.91 Å². The Hall–Kier alpha value is -1.53. The highest BCUT2D eigenvalue weighted by atomic mass is 16.1. The number of nitrogens with zero attached hydrogens (tertiary/aromatic N) is 3. The zero-order valence-corrected chi connectivity index (χ0v) is 12.3. The van der Waals surface area contributed by atoms with E-state index in [1.165, 1.54) is 0 Å². The van der Waals surface area contributed by atoms with Gasteiger partial charge in [0.15, 0.2) is 0 Å². The molecule has 1 saturated heterocycles. The molecule has 1 aliphatic heterocycles. The van der Waals surface area contributed by atoms with E-state index in [-0.39, 0.29) is 5.91 Å². The Morgan fingerprint density at radius 3 is 2.85 bits per heavy atom. The summed E-state index contributed by atoms with van der Waals surface area (Å²) in [4.78, 5) is 14.5. The largest absolute Gasteiger partial charge is 0.352 e. The third-order valence-electron chi connectivity index (χ3n) is 3.49. The van der Waals surface area contributed by atoms with E-state index in [0.29, 0.717) is 17.8 Å². The highest BCUT2D eigenvalue weighted by Crippen LogP contribution is 2.05. The highest BCUT2D eigenvalue weighted by Gasteiger charge is 2.11. The number of carbonyl (C=O) groups is 1. The summed E-state index contributed by atoms with van der Waals surface area (Å²) in [6.07, 6.45) is 0.974. The van der Waals surface area contributed by atoms with Crippen molar-refractivity contribution in [1.82, 2.24) is 25.7 Å². The molecule has 0 atom stereocenters. The fraction of sp³-hybridized carbons (Fsp3) is 0.643. The first kappa shape index (κ1) is 14.9. The topological polar surface area (TPSA) is 70.2 Å². The molecule has 1 aromatic rings. The number of aryl methyl sites for hydroxylation is 2. The molecule has 20 heavy (non-hydrogen) atoms. The third-order valence-corrected chi connectivity index (χ3v) is 3.49. The predicted octanol–water partition coefficient (Wildman–Crippen LogP) is 0.119. The first-order chi connectivity index (χ1) is 9.66. The average molecular weight is 277 g/mol. The van der Waals surface area contributed by atoms with Gasteiger partial charge in [-0.1, -0.05) is 0 Å². The first-order valence-corrected chi connectivity index (χ1v) is 7.19. The number of carbonyl (C=O) groups excluding carboxylic acids is 1. The smallest absolute Gasteiger partial charge is 0.253 e. The summed E-state index contributed by atoms with van der Waals surface area (Å²) in [5.74, 6) is -0.0548. The van der Waals surface area contributed by atoms with Crippen molar-refractivity contribution in [2.24, 2.45) is 0 Å². The minimum atomic E-state index is -0.0548. The van der Waals surface area contributed by atoms with Crippen molar-refractivity contribution >= 4 is 5.91 Å². The molecule has 2 rings (SSSR count). The lowest BCUT2D eigenvalue weighted by molar-refractivity contribution is 0.0950. The summed E-state index contributed by atoms with van der Waals surface area (Å²) >= 11 is 0. The lowest BCUT2D eigenvalue weighted by Gasteiger charge is -2.27. The van der Waals surface area contributed by atoms with Crippen LogP contribution in [0.5, 0.6) is 0 Å². The second-order valence-corrected chi connectivity index (χ2v) is 5.19. The van der Waals surface area contributed by atoms with Crippen LogP contribution in [0.15, 0.2) is 6.07 Å². The molecule has 0 aromatic carbocycles. The van der Waals surface area contributed by atoms with E-state index in [1.807, 2.05) is 13.8 Å². The van der Waals surface area contributed by atoms with Crippen molar-refractivity contribution in [1.29, 1.82) is 0 Å². The van der Waals surface area contributed by atoms with Gasteiger partial charge < -0.3 is 15.5 Å². The summed E-state index contributed by atoms with van der Waals surface area (Å²) in [7, 11) is 0. The van der Waals surface area contributed by atoms with Crippen LogP contribution in [-0.2, 0) is 0 Å². The van der Waals surface area contributed by atoms with E-state index in [2.05, 4.69) is 25.7 Å². The van der Waals surface area contributed by atoms with Crippen molar-refractivity contribution in [3.63, 3.8) is 0 Å². The van der Waals surface area contributed by atoms with Crippen LogP contribution in [0.3, 0.4) is 0 Å². The van der Waals surface area contributed by atoms with Crippen molar-refractivity contribution in [3.05, 3.63) is 23.0 Å². The van der Waals surface area contributed by atoms with Crippen molar-refractivity contribution in [3.8, 4) is 0 Å². The van der Waals surface area contributed by atoms with E-state index >= 15 is 0 Å². The Bertz CT molecular complexity index is 457. The maximum absolute atomic E-state index is 12.1. The molecule has 0 bridgehead atoms. The maximum atomic E-state index is 12.1. The summed E-state index contributed by atoms with van der Waals surface area (Å²) < 4.78 is 0. The van der Waals surface area contributed by atoms with Gasteiger partial charge in [-0.3, -0.25) is 4.79 Å². The summed E-state index contributed by atoms with van der Waals surface area (Å²) in [5.41, 5.74) is 2.07. The molecule has 6 heteroatoms. The number of aromatic nitrogens is 2. The molecule has 1 fully saturated rings. The van der Waals surface area contributed by atoms with Crippen LogP contribution >= 0.6 is 0 Å². The normalized spacial score (nSPS) is 16.1. The third kappa shape index (κ3) is 4.25. The molecule has 0 spiro atoms. The van der Waals surface area contributed by atoms with Crippen LogP contribution in [0, 0.1) is 13.8 Å². The van der Waals surface area contributed by atoms with Gasteiger partial charge >= 0.3 is 0 Å². The fourth-order valence-corrected chi connectivity index (χ4v) is 2.31. The van der Waals surface area contributed by atoms with Gasteiger partial charge in [0.2, 0.25) is 0 Å². The monoisotopic (exact) mass is 277 g/mol. The molecule has 6 nitrogen and oxygen atoms in total. The SMILES string of the molecule is Cc1cc(C(=O)NCCCN2CCNCC2)c(C)nn1. The molecule has 0 aliphatic carbocycles. The molecular weight excluding hydrogens is 254 g/mol. The Balaban J connectivity index is 1.73. The number of nitrogens with one attached hydrogen (secondary N) is 2. The van der Waals surface area contributed by atoms with Crippen LogP contribution in [0.2, 0.25) is 0 Å². The summed E-state index contributed by atoms with van der Waals surface area (Å²) in [5, 5.41) is 14.2. The van der Waals surface area contributed by atoms with E-state index in [4.69, 9.17) is 0 Å². The van der Waals surface area contributed by atoms with Gasteiger partial charge in [-0.15, -0.1) is 0 Å². The lowest BCUT2D eigenvalue weighted by Crippen LogP contribution is -2.44. The molecule has 0 radical (unpaired) electrons. The molecule has 110 valence electrons. The van der Waals surface area contributed by atoms with Gasteiger partial charge in [0, 0.05) is 32.7 Å². The second kappa shape index (κ2) is 7.31. The number of piperazine rings is 1. The molecular formula is C14H23N5O. The molecule has 1 aromatic heterocycles. The minimum Gasteiger partial charge on any atom is -0.352 e. The fourth-order valence-electron chi connectivity index (χ4n) is 2.31. The molecule has 0 saturated carbocycles. The summed E-state index contributed by atoms with van der Waals surface area (Å²) in [6, 6.07) is 1.79. The predicted molar refractivity (Wildman–Crippen MR) is 77.8 cm³/mol. The van der Waals surface area contributed by atoms with Gasteiger partial charge in [-0.25, -0.2) is 0 Å². The molecule has 2 heterocycles. The van der Waals surface area contributed by atoms with Crippen LogP contribution in [0.1, 0.15) is 28.2 Å².